The monoisotopic (exact) mass is 504 g/mol. The topological polar surface area (TPSA) is 122 Å². The van der Waals surface area contributed by atoms with E-state index >= 15 is 0 Å². The van der Waals surface area contributed by atoms with Crippen molar-refractivity contribution in [2.75, 3.05) is 13.1 Å². The number of nitrogens with one attached hydrogen (secondary N) is 1. The highest BCUT2D eigenvalue weighted by molar-refractivity contribution is 6.19. The van der Waals surface area contributed by atoms with Gasteiger partial charge in [0.25, 0.3) is 5.91 Å². The van der Waals surface area contributed by atoms with Crippen LogP contribution in [0.5, 0.6) is 11.5 Å². The number of ether oxygens (including phenoxy) is 2. The quantitative estimate of drug-likeness (QED) is 0.659. The molecular formula is C27H32N6O4. The molecule has 37 heavy (non-hydrogen) atoms. The summed E-state index contributed by atoms with van der Waals surface area (Å²) < 4.78 is 11.4. The molecule has 1 fully saturated rings. The van der Waals surface area contributed by atoms with E-state index in [1.165, 1.54) is 0 Å². The average Bonchev–Trinajstić information content (AvgIpc) is 3.29. The van der Waals surface area contributed by atoms with Crippen LogP contribution < -0.4 is 15.9 Å². The number of piperidine rings is 1. The normalized spacial score (nSPS) is 22.1. The Labute approximate surface area is 216 Å². The second kappa shape index (κ2) is 9.76. The van der Waals surface area contributed by atoms with E-state index in [4.69, 9.17) is 20.3 Å². The van der Waals surface area contributed by atoms with E-state index in [2.05, 4.69) is 10.5 Å². The van der Waals surface area contributed by atoms with E-state index < -0.39 is 17.6 Å². The summed E-state index contributed by atoms with van der Waals surface area (Å²) in [7, 11) is 0. The van der Waals surface area contributed by atoms with Crippen molar-refractivity contribution in [2.45, 2.75) is 51.3 Å². The molecule has 194 valence electrons. The minimum Gasteiger partial charge on any atom is -0.457 e. The molecule has 5 rings (SSSR count). The number of carbonyl (C=O) groups excluding carboxylic acids is 2. The van der Waals surface area contributed by atoms with Gasteiger partial charge in [0.2, 0.25) is 0 Å². The Kier molecular flexibility index (Phi) is 6.49. The first-order valence-electron chi connectivity index (χ1n) is 12.5. The second-order valence-corrected chi connectivity index (χ2v) is 10.4. The molecule has 2 aromatic rings. The first kappa shape index (κ1) is 24.6. The van der Waals surface area contributed by atoms with Gasteiger partial charge in [-0.15, -0.1) is 0 Å². The summed E-state index contributed by atoms with van der Waals surface area (Å²) in [5.41, 5.74) is 9.82. The zero-order valence-electron chi connectivity index (χ0n) is 21.3. The zero-order chi connectivity index (χ0) is 26.2. The van der Waals surface area contributed by atoms with Gasteiger partial charge in [0.1, 0.15) is 29.0 Å². The smallest absolute Gasteiger partial charge is 0.410 e. The number of amidine groups is 1. The van der Waals surface area contributed by atoms with Gasteiger partial charge in [-0.1, -0.05) is 18.2 Å². The maximum Gasteiger partial charge on any atom is 0.410 e. The largest absolute Gasteiger partial charge is 0.457 e. The maximum atomic E-state index is 12.9. The third kappa shape index (κ3) is 5.23. The van der Waals surface area contributed by atoms with Crippen LogP contribution in [0.25, 0.3) is 0 Å². The molecule has 1 saturated heterocycles. The minimum atomic E-state index is -0.592. The number of nitrogens with zero attached hydrogens (tertiary/aromatic N) is 4. The van der Waals surface area contributed by atoms with E-state index in [-0.39, 0.29) is 18.0 Å². The summed E-state index contributed by atoms with van der Waals surface area (Å²) in [5, 5.41) is 10.8. The van der Waals surface area contributed by atoms with E-state index in [9.17, 15) is 9.59 Å². The predicted molar refractivity (Wildman–Crippen MR) is 139 cm³/mol. The standard InChI is InChI=1S/C27H32N6O4/c1-27(2,3)37-26(35)32-15-13-18(14-16-32)33-23-21(24(28)29-30-25(23)34)22(31-33)17-9-11-20(12-10-17)36-19-7-5-4-6-8-19/h4-12,18,21,23H,13-16H2,1-3H3,(H2,28,29)(H,30,34). The fourth-order valence-corrected chi connectivity index (χ4v) is 4.88. The van der Waals surface area contributed by atoms with E-state index in [0.29, 0.717) is 43.2 Å². The van der Waals surface area contributed by atoms with E-state index in [0.717, 1.165) is 11.3 Å². The summed E-state index contributed by atoms with van der Waals surface area (Å²) in [5.74, 6) is 1.06. The number of fused-ring (bicyclic) bond motifs is 1. The SMILES string of the molecule is CC(C)(C)OC(=O)N1CCC(N2N=C(c3ccc(Oc4ccccc4)cc3)C3C(N)=NNC(=O)C32)CC1. The molecule has 0 aromatic heterocycles. The van der Waals surface area contributed by atoms with Crippen molar-refractivity contribution in [3.05, 3.63) is 60.2 Å². The molecule has 0 saturated carbocycles. The van der Waals surface area contributed by atoms with Crippen LogP contribution in [0.1, 0.15) is 39.2 Å². The highest BCUT2D eigenvalue weighted by atomic mass is 16.6. The van der Waals surface area contributed by atoms with Crippen LogP contribution in [0, 0.1) is 5.92 Å². The molecule has 0 aliphatic carbocycles. The van der Waals surface area contributed by atoms with Gasteiger partial charge in [0.05, 0.1) is 17.7 Å². The van der Waals surface area contributed by atoms with Crippen molar-refractivity contribution < 1.29 is 19.1 Å². The van der Waals surface area contributed by atoms with Crippen LogP contribution in [-0.4, -0.2) is 64.2 Å². The Balaban J connectivity index is 1.35. The van der Waals surface area contributed by atoms with Crippen molar-refractivity contribution >= 4 is 23.5 Å². The Hall–Kier alpha value is -4.08. The molecular weight excluding hydrogens is 472 g/mol. The summed E-state index contributed by atoms with van der Waals surface area (Å²) in [4.78, 5) is 27.2. The van der Waals surface area contributed by atoms with E-state index in [1.807, 2.05) is 80.4 Å². The lowest BCUT2D eigenvalue weighted by molar-refractivity contribution is -0.128. The minimum absolute atomic E-state index is 0.0268. The molecule has 2 unspecified atom stereocenters. The van der Waals surface area contributed by atoms with Gasteiger partial charge in [-0.2, -0.15) is 10.2 Å². The van der Waals surface area contributed by atoms with Crippen molar-refractivity contribution in [2.24, 2.45) is 21.9 Å². The summed E-state index contributed by atoms with van der Waals surface area (Å²) >= 11 is 0. The Morgan fingerprint density at radius 1 is 1.03 bits per heavy atom. The third-order valence-electron chi connectivity index (χ3n) is 6.62. The fourth-order valence-electron chi connectivity index (χ4n) is 4.88. The lowest BCUT2D eigenvalue weighted by atomic mass is 9.88. The average molecular weight is 505 g/mol. The number of para-hydroxylation sites is 1. The molecule has 2 aromatic carbocycles. The van der Waals surface area contributed by atoms with Gasteiger partial charge in [-0.25, -0.2) is 10.2 Å². The van der Waals surface area contributed by atoms with Gasteiger partial charge in [-0.3, -0.25) is 9.80 Å². The van der Waals surface area contributed by atoms with Crippen molar-refractivity contribution in [1.29, 1.82) is 0 Å². The molecule has 0 bridgehead atoms. The number of likely N-dealkylation sites (tertiary alicyclic amines) is 1. The molecule has 0 spiro atoms. The maximum absolute atomic E-state index is 12.9. The van der Waals surface area contributed by atoms with Crippen LogP contribution >= 0.6 is 0 Å². The predicted octanol–water partition coefficient (Wildman–Crippen LogP) is 3.28. The summed E-state index contributed by atoms with van der Waals surface area (Å²) in [6, 6.07) is 16.5. The van der Waals surface area contributed by atoms with Crippen LogP contribution in [0.15, 0.2) is 64.8 Å². The lowest BCUT2D eigenvalue weighted by Crippen LogP contribution is -2.57. The van der Waals surface area contributed by atoms with Gasteiger partial charge in [-0.05, 0) is 75.6 Å². The molecule has 3 aliphatic heterocycles. The Morgan fingerprint density at radius 2 is 1.68 bits per heavy atom. The van der Waals surface area contributed by atoms with E-state index in [1.54, 1.807) is 4.90 Å². The van der Waals surface area contributed by atoms with Crippen LogP contribution in [0.3, 0.4) is 0 Å². The summed E-state index contributed by atoms with van der Waals surface area (Å²) in [6.45, 7) is 6.61. The lowest BCUT2D eigenvalue weighted by Gasteiger charge is -2.39. The van der Waals surface area contributed by atoms with Crippen molar-refractivity contribution in [3.8, 4) is 11.5 Å². The first-order chi connectivity index (χ1) is 17.7. The highest BCUT2D eigenvalue weighted by Gasteiger charge is 2.49. The molecule has 3 heterocycles. The molecule has 3 N–H and O–H groups in total. The number of amides is 2. The molecule has 3 aliphatic rings. The van der Waals surface area contributed by atoms with Gasteiger partial charge in [0.15, 0.2) is 0 Å². The first-order valence-corrected chi connectivity index (χ1v) is 12.5. The van der Waals surface area contributed by atoms with Crippen LogP contribution in [-0.2, 0) is 9.53 Å². The van der Waals surface area contributed by atoms with Crippen LogP contribution in [0.2, 0.25) is 0 Å². The fraction of sp³-hybridized carbons (Fsp3) is 0.407. The van der Waals surface area contributed by atoms with Gasteiger partial charge < -0.3 is 20.1 Å². The zero-order valence-corrected chi connectivity index (χ0v) is 21.3. The molecule has 10 nitrogen and oxygen atoms in total. The molecule has 10 heteroatoms. The number of rotatable bonds is 4. The Bertz CT molecular complexity index is 1210. The number of carbonyl (C=O) groups is 2. The van der Waals surface area contributed by atoms with Crippen molar-refractivity contribution in [1.82, 2.24) is 15.3 Å². The van der Waals surface area contributed by atoms with Gasteiger partial charge in [0, 0.05) is 13.1 Å². The highest BCUT2D eigenvalue weighted by Crippen LogP contribution is 2.34. The number of nitrogens with two attached hydrogens (primary N) is 1. The number of benzene rings is 2. The van der Waals surface area contributed by atoms with Crippen LogP contribution in [0.4, 0.5) is 4.79 Å². The number of hydrogen-bond donors (Lipinski definition) is 2. The van der Waals surface area contributed by atoms with Crippen molar-refractivity contribution in [3.63, 3.8) is 0 Å². The third-order valence-corrected chi connectivity index (χ3v) is 6.62. The Morgan fingerprint density at radius 3 is 2.32 bits per heavy atom. The second-order valence-electron chi connectivity index (χ2n) is 10.4. The molecule has 0 radical (unpaired) electrons. The van der Waals surface area contributed by atoms with Gasteiger partial charge >= 0.3 is 6.09 Å². The number of hydrogen-bond acceptors (Lipinski definition) is 8. The molecule has 2 amide bonds. The molecule has 2 atom stereocenters. The summed E-state index contributed by atoms with van der Waals surface area (Å²) in [6.07, 6.45) is 1.000. The number of hydrazone groups is 2.